The van der Waals surface area contributed by atoms with Crippen LogP contribution in [0.15, 0.2) is 94.0 Å². The van der Waals surface area contributed by atoms with Gasteiger partial charge in [0.15, 0.2) is 0 Å². The van der Waals surface area contributed by atoms with Gasteiger partial charge in [0.2, 0.25) is 5.91 Å². The second-order valence-electron chi connectivity index (χ2n) is 8.08. The van der Waals surface area contributed by atoms with Gasteiger partial charge in [-0.15, -0.1) is 0 Å². The Hall–Kier alpha value is -2.50. The van der Waals surface area contributed by atoms with Gasteiger partial charge < -0.3 is 5.32 Å². The van der Waals surface area contributed by atoms with E-state index in [1.165, 1.54) is 0 Å². The number of anilines is 1. The van der Waals surface area contributed by atoms with Crippen molar-refractivity contribution in [2.24, 2.45) is 5.92 Å². The molecule has 3 atom stereocenters. The van der Waals surface area contributed by atoms with Gasteiger partial charge in [0.25, 0.3) is 0 Å². The van der Waals surface area contributed by atoms with Crippen LogP contribution in [-0.2, 0) is 4.79 Å². The molecule has 3 aromatic carbocycles. The average molecular weight is 552 g/mol. The highest BCUT2D eigenvalue weighted by molar-refractivity contribution is 9.10. The van der Waals surface area contributed by atoms with Crippen LogP contribution < -0.4 is 5.32 Å². The molecule has 0 aliphatic carbocycles. The molecule has 0 bridgehead atoms. The summed E-state index contributed by atoms with van der Waals surface area (Å²) in [7, 11) is 0. The number of fused-ring (bicyclic) bond motifs is 1. The zero-order chi connectivity index (χ0) is 22.7. The summed E-state index contributed by atoms with van der Waals surface area (Å²) in [5.41, 5.74) is 3.81. The van der Waals surface area contributed by atoms with Gasteiger partial charge in [-0.25, -0.2) is 0 Å². The van der Waals surface area contributed by atoms with Crippen molar-refractivity contribution in [3.05, 3.63) is 105 Å². The number of carbonyl (C=O) groups excluding carboxylic acids is 1. The molecule has 0 saturated heterocycles. The standard InChI is InChI=1S/C27H24Br2N2O/c1-17(19-8-12-22(28)13-9-19)25(18(2)20-10-14-23(29)15-11-20)27(32)31-24-7-3-5-21-6-4-16-30-26(21)24/h3-18,25H,1-2H3,(H,31,32)/t17-,18+,25?. The average Bonchev–Trinajstić information content (AvgIpc) is 2.80. The molecule has 1 unspecified atom stereocenters. The van der Waals surface area contributed by atoms with E-state index >= 15 is 0 Å². The molecule has 0 saturated carbocycles. The molecule has 4 aromatic rings. The number of benzene rings is 3. The summed E-state index contributed by atoms with van der Waals surface area (Å²) < 4.78 is 2.05. The Kier molecular flexibility index (Phi) is 7.07. The molecule has 0 spiro atoms. The molecule has 32 heavy (non-hydrogen) atoms. The lowest BCUT2D eigenvalue weighted by molar-refractivity contribution is -0.121. The Labute approximate surface area is 205 Å². The van der Waals surface area contributed by atoms with Crippen molar-refractivity contribution in [1.82, 2.24) is 4.98 Å². The van der Waals surface area contributed by atoms with E-state index in [-0.39, 0.29) is 23.7 Å². The summed E-state index contributed by atoms with van der Waals surface area (Å²) in [6, 6.07) is 26.2. The summed E-state index contributed by atoms with van der Waals surface area (Å²) in [5.74, 6) is -0.236. The van der Waals surface area contributed by atoms with Crippen LogP contribution in [0, 0.1) is 5.92 Å². The maximum atomic E-state index is 13.8. The molecule has 0 fully saturated rings. The van der Waals surface area contributed by atoms with Crippen molar-refractivity contribution in [2.45, 2.75) is 25.7 Å². The highest BCUT2D eigenvalue weighted by Crippen LogP contribution is 2.38. The molecule has 1 aromatic heterocycles. The van der Waals surface area contributed by atoms with Crippen LogP contribution in [0.3, 0.4) is 0 Å². The number of halogens is 2. The monoisotopic (exact) mass is 550 g/mol. The fourth-order valence-corrected chi connectivity index (χ4v) is 4.78. The highest BCUT2D eigenvalue weighted by Gasteiger charge is 2.33. The number of amides is 1. The first-order chi connectivity index (χ1) is 15.4. The van der Waals surface area contributed by atoms with Gasteiger partial charge in [-0.05, 0) is 59.4 Å². The van der Waals surface area contributed by atoms with Crippen LogP contribution in [-0.4, -0.2) is 10.9 Å². The second kappa shape index (κ2) is 9.97. The topological polar surface area (TPSA) is 42.0 Å². The van der Waals surface area contributed by atoms with Crippen LogP contribution in [0.1, 0.15) is 36.8 Å². The quantitative estimate of drug-likeness (QED) is 0.264. The number of hydrogen-bond acceptors (Lipinski definition) is 2. The van der Waals surface area contributed by atoms with E-state index in [1.807, 2.05) is 54.6 Å². The molecule has 0 aliphatic rings. The van der Waals surface area contributed by atoms with Crippen molar-refractivity contribution in [1.29, 1.82) is 0 Å². The van der Waals surface area contributed by atoms with Crippen molar-refractivity contribution >= 4 is 54.4 Å². The Morgan fingerprint density at radius 1 is 0.781 bits per heavy atom. The Balaban J connectivity index is 1.71. The third-order valence-electron chi connectivity index (χ3n) is 6.06. The molecule has 4 rings (SSSR count). The zero-order valence-corrected chi connectivity index (χ0v) is 21.1. The van der Waals surface area contributed by atoms with E-state index in [0.29, 0.717) is 0 Å². The first-order valence-electron chi connectivity index (χ1n) is 10.6. The number of nitrogens with one attached hydrogen (secondary N) is 1. The lowest BCUT2D eigenvalue weighted by atomic mass is 9.76. The maximum Gasteiger partial charge on any atom is 0.228 e. The minimum absolute atomic E-state index is 0.00556. The Bertz CT molecular complexity index is 1170. The van der Waals surface area contributed by atoms with Crippen LogP contribution in [0.2, 0.25) is 0 Å². The van der Waals surface area contributed by atoms with Crippen molar-refractivity contribution in [3.8, 4) is 0 Å². The molecule has 162 valence electrons. The smallest absolute Gasteiger partial charge is 0.228 e. The molecule has 0 radical (unpaired) electrons. The van der Waals surface area contributed by atoms with Gasteiger partial charge in [0.05, 0.1) is 17.1 Å². The summed E-state index contributed by atoms with van der Waals surface area (Å²) in [5, 5.41) is 4.19. The van der Waals surface area contributed by atoms with Gasteiger partial charge in [-0.1, -0.05) is 88.2 Å². The van der Waals surface area contributed by atoms with E-state index in [1.54, 1.807) is 6.20 Å². The summed E-state index contributed by atoms with van der Waals surface area (Å²) in [4.78, 5) is 18.3. The van der Waals surface area contributed by atoms with E-state index < -0.39 is 0 Å². The number of aromatic nitrogens is 1. The van der Waals surface area contributed by atoms with E-state index in [0.717, 1.165) is 36.7 Å². The van der Waals surface area contributed by atoms with Gasteiger partial charge in [0, 0.05) is 20.5 Å². The van der Waals surface area contributed by atoms with Gasteiger partial charge >= 0.3 is 0 Å². The molecular weight excluding hydrogens is 528 g/mol. The molecule has 1 amide bonds. The van der Waals surface area contributed by atoms with Crippen LogP contribution in [0.5, 0.6) is 0 Å². The zero-order valence-electron chi connectivity index (χ0n) is 17.9. The van der Waals surface area contributed by atoms with Crippen molar-refractivity contribution in [3.63, 3.8) is 0 Å². The minimum atomic E-state index is -0.267. The highest BCUT2D eigenvalue weighted by atomic mass is 79.9. The number of carbonyl (C=O) groups is 1. The van der Waals surface area contributed by atoms with E-state index in [2.05, 4.69) is 80.3 Å². The number of pyridine rings is 1. The van der Waals surface area contributed by atoms with Gasteiger partial charge in [0.1, 0.15) is 0 Å². The lowest BCUT2D eigenvalue weighted by Gasteiger charge is -2.29. The number of rotatable bonds is 6. The molecule has 1 N–H and O–H groups in total. The SMILES string of the molecule is C[C@H](c1ccc(Br)cc1)C(C(=O)Nc1cccc2cccnc12)[C@@H](C)c1ccc(Br)cc1. The lowest BCUT2D eigenvalue weighted by Crippen LogP contribution is -2.31. The number of nitrogens with zero attached hydrogens (tertiary/aromatic N) is 1. The van der Waals surface area contributed by atoms with Crippen molar-refractivity contribution < 1.29 is 4.79 Å². The Morgan fingerprint density at radius 3 is 1.88 bits per heavy atom. The summed E-state index contributed by atoms with van der Waals surface area (Å²) >= 11 is 7.02. The molecule has 0 aliphatic heterocycles. The summed E-state index contributed by atoms with van der Waals surface area (Å²) in [6.07, 6.45) is 1.75. The third-order valence-corrected chi connectivity index (χ3v) is 7.12. The van der Waals surface area contributed by atoms with Crippen molar-refractivity contribution in [2.75, 3.05) is 5.32 Å². The van der Waals surface area contributed by atoms with Gasteiger partial charge in [-0.2, -0.15) is 0 Å². The van der Waals surface area contributed by atoms with E-state index in [4.69, 9.17) is 0 Å². The van der Waals surface area contributed by atoms with E-state index in [9.17, 15) is 4.79 Å². The fourth-order valence-electron chi connectivity index (χ4n) is 4.26. The molecular formula is C27H24Br2N2O. The molecule has 3 nitrogen and oxygen atoms in total. The molecule has 1 heterocycles. The van der Waals surface area contributed by atoms with Crippen LogP contribution in [0.4, 0.5) is 5.69 Å². The second-order valence-corrected chi connectivity index (χ2v) is 9.91. The predicted octanol–water partition coefficient (Wildman–Crippen LogP) is 7.92. The Morgan fingerprint density at radius 2 is 1.31 bits per heavy atom. The first-order valence-corrected chi connectivity index (χ1v) is 12.2. The van der Waals surface area contributed by atoms with Crippen LogP contribution in [0.25, 0.3) is 10.9 Å². The van der Waals surface area contributed by atoms with Gasteiger partial charge in [-0.3, -0.25) is 9.78 Å². The first kappa shape index (κ1) is 22.7. The maximum absolute atomic E-state index is 13.8. The fraction of sp³-hybridized carbons (Fsp3) is 0.185. The normalized spacial score (nSPS) is 14.0. The minimum Gasteiger partial charge on any atom is -0.324 e. The predicted molar refractivity (Wildman–Crippen MR) is 139 cm³/mol. The van der Waals surface area contributed by atoms with Crippen LogP contribution >= 0.6 is 31.9 Å². The number of para-hydroxylation sites is 1. The molecule has 5 heteroatoms. The third kappa shape index (κ3) is 4.94. The number of hydrogen-bond donors (Lipinski definition) is 1. The summed E-state index contributed by atoms with van der Waals surface area (Å²) in [6.45, 7) is 4.26. The largest absolute Gasteiger partial charge is 0.324 e.